The van der Waals surface area contributed by atoms with Gasteiger partial charge in [0.1, 0.15) is 11.9 Å². The van der Waals surface area contributed by atoms with Gasteiger partial charge in [0.25, 0.3) is 0 Å². The Morgan fingerprint density at radius 3 is 2.71 bits per heavy atom. The summed E-state index contributed by atoms with van der Waals surface area (Å²) in [6, 6.07) is 12.2. The SMILES string of the molecule is CCO[C@@H]1COC[C@H]1n1cnc(-c2ccccc2)c1-c1ccnc(C(C)C)n1. The number of aromatic nitrogens is 4. The molecule has 0 bridgehead atoms. The minimum Gasteiger partial charge on any atom is -0.376 e. The highest BCUT2D eigenvalue weighted by molar-refractivity contribution is 5.76. The first-order chi connectivity index (χ1) is 13.7. The Kier molecular flexibility index (Phi) is 5.50. The summed E-state index contributed by atoms with van der Waals surface area (Å²) >= 11 is 0. The molecule has 1 aliphatic rings. The Hall–Kier alpha value is -2.57. The van der Waals surface area contributed by atoms with Gasteiger partial charge in [-0.05, 0) is 13.0 Å². The van der Waals surface area contributed by atoms with E-state index in [1.165, 1.54) is 0 Å². The van der Waals surface area contributed by atoms with E-state index in [1.807, 2.05) is 43.7 Å². The molecule has 3 heterocycles. The van der Waals surface area contributed by atoms with Crippen molar-refractivity contribution in [3.8, 4) is 22.6 Å². The minimum atomic E-state index is 0.00739. The lowest BCUT2D eigenvalue weighted by atomic mass is 10.1. The van der Waals surface area contributed by atoms with Crippen LogP contribution in [0.5, 0.6) is 0 Å². The molecule has 6 heteroatoms. The summed E-state index contributed by atoms with van der Waals surface area (Å²) in [5.41, 5.74) is 3.83. The molecule has 1 fully saturated rings. The van der Waals surface area contributed by atoms with Gasteiger partial charge in [-0.15, -0.1) is 0 Å². The van der Waals surface area contributed by atoms with Crippen LogP contribution in [0.4, 0.5) is 0 Å². The van der Waals surface area contributed by atoms with Crippen LogP contribution in [0, 0.1) is 0 Å². The van der Waals surface area contributed by atoms with Crippen LogP contribution < -0.4 is 0 Å². The first kappa shape index (κ1) is 18.8. The number of imidazole rings is 1. The van der Waals surface area contributed by atoms with Crippen LogP contribution >= 0.6 is 0 Å². The number of nitrogens with zero attached hydrogens (tertiary/aromatic N) is 4. The van der Waals surface area contributed by atoms with Crippen LogP contribution in [0.2, 0.25) is 0 Å². The van der Waals surface area contributed by atoms with Crippen LogP contribution in [0.25, 0.3) is 22.6 Å². The second-order valence-electron chi connectivity index (χ2n) is 7.27. The molecule has 2 aromatic heterocycles. The van der Waals surface area contributed by atoms with Crippen molar-refractivity contribution in [2.45, 2.75) is 38.8 Å². The lowest BCUT2D eigenvalue weighted by Gasteiger charge is -2.21. The maximum absolute atomic E-state index is 5.93. The molecule has 0 N–H and O–H groups in total. The number of hydrogen-bond donors (Lipinski definition) is 0. The van der Waals surface area contributed by atoms with Crippen molar-refractivity contribution < 1.29 is 9.47 Å². The third-order valence-electron chi connectivity index (χ3n) is 5.01. The predicted molar refractivity (Wildman–Crippen MR) is 108 cm³/mol. The fourth-order valence-electron chi connectivity index (χ4n) is 3.61. The van der Waals surface area contributed by atoms with Crippen LogP contribution in [-0.2, 0) is 9.47 Å². The van der Waals surface area contributed by atoms with Crippen LogP contribution in [0.15, 0.2) is 48.9 Å². The van der Waals surface area contributed by atoms with Crippen molar-refractivity contribution >= 4 is 0 Å². The van der Waals surface area contributed by atoms with Crippen molar-refractivity contribution in [2.24, 2.45) is 0 Å². The molecule has 1 saturated heterocycles. The van der Waals surface area contributed by atoms with E-state index in [4.69, 9.17) is 19.4 Å². The van der Waals surface area contributed by atoms with Crippen LogP contribution in [0.3, 0.4) is 0 Å². The normalized spacial score (nSPS) is 19.4. The maximum Gasteiger partial charge on any atom is 0.131 e. The Bertz CT molecular complexity index is 923. The Balaban J connectivity index is 1.86. The molecule has 1 aromatic carbocycles. The third kappa shape index (κ3) is 3.57. The van der Waals surface area contributed by atoms with Gasteiger partial charge in [-0.2, -0.15) is 0 Å². The quantitative estimate of drug-likeness (QED) is 0.646. The average Bonchev–Trinajstić information content (AvgIpc) is 3.35. The lowest BCUT2D eigenvalue weighted by molar-refractivity contribution is 0.0364. The van der Waals surface area contributed by atoms with Crippen molar-refractivity contribution in [3.05, 3.63) is 54.7 Å². The molecule has 3 aromatic rings. The summed E-state index contributed by atoms with van der Waals surface area (Å²) in [6.45, 7) is 8.07. The van der Waals surface area contributed by atoms with Gasteiger partial charge in [-0.1, -0.05) is 44.2 Å². The molecule has 146 valence electrons. The molecular weight excluding hydrogens is 352 g/mol. The monoisotopic (exact) mass is 378 g/mol. The summed E-state index contributed by atoms with van der Waals surface area (Å²) in [7, 11) is 0. The highest BCUT2D eigenvalue weighted by Gasteiger charge is 2.33. The van der Waals surface area contributed by atoms with Gasteiger partial charge in [0, 0.05) is 24.3 Å². The van der Waals surface area contributed by atoms with E-state index in [0.717, 1.165) is 28.5 Å². The fraction of sp³-hybridized carbons (Fsp3) is 0.409. The average molecular weight is 378 g/mol. The molecule has 0 radical (unpaired) electrons. The Labute approximate surface area is 165 Å². The van der Waals surface area contributed by atoms with E-state index in [0.29, 0.717) is 19.8 Å². The number of rotatable bonds is 6. The number of benzene rings is 1. The topological polar surface area (TPSA) is 62.1 Å². The van der Waals surface area contributed by atoms with Crippen molar-refractivity contribution in [3.63, 3.8) is 0 Å². The molecule has 4 rings (SSSR count). The van der Waals surface area contributed by atoms with E-state index < -0.39 is 0 Å². The largest absolute Gasteiger partial charge is 0.376 e. The minimum absolute atomic E-state index is 0.00739. The van der Waals surface area contributed by atoms with Gasteiger partial charge in [0.15, 0.2) is 0 Å². The predicted octanol–water partition coefficient (Wildman–Crippen LogP) is 4.11. The molecule has 2 atom stereocenters. The second-order valence-corrected chi connectivity index (χ2v) is 7.27. The van der Waals surface area contributed by atoms with Gasteiger partial charge in [-0.25, -0.2) is 15.0 Å². The van der Waals surface area contributed by atoms with Gasteiger partial charge in [-0.3, -0.25) is 0 Å². The molecule has 0 amide bonds. The summed E-state index contributed by atoms with van der Waals surface area (Å²) in [6.07, 6.45) is 3.72. The molecule has 0 unspecified atom stereocenters. The first-order valence-electron chi connectivity index (χ1n) is 9.84. The zero-order chi connectivity index (χ0) is 19.5. The van der Waals surface area contributed by atoms with Gasteiger partial charge in [0.05, 0.1) is 42.7 Å². The number of ether oxygens (including phenoxy) is 2. The molecule has 6 nitrogen and oxygen atoms in total. The summed E-state index contributed by atoms with van der Waals surface area (Å²) in [5.74, 6) is 1.08. The van der Waals surface area contributed by atoms with Crippen molar-refractivity contribution in [1.82, 2.24) is 19.5 Å². The molecule has 0 spiro atoms. The highest BCUT2D eigenvalue weighted by atomic mass is 16.5. The van der Waals surface area contributed by atoms with Crippen molar-refractivity contribution in [1.29, 1.82) is 0 Å². The number of hydrogen-bond acceptors (Lipinski definition) is 5. The van der Waals surface area contributed by atoms with E-state index in [2.05, 4.69) is 35.5 Å². The van der Waals surface area contributed by atoms with Crippen molar-refractivity contribution in [2.75, 3.05) is 19.8 Å². The first-order valence-corrected chi connectivity index (χ1v) is 9.84. The molecule has 1 aliphatic heterocycles. The summed E-state index contributed by atoms with van der Waals surface area (Å²) in [5, 5.41) is 0. The molecule has 0 aliphatic carbocycles. The standard InChI is InChI=1S/C22H26N4O2/c1-4-28-19-13-27-12-18(19)26-14-24-20(16-8-6-5-7-9-16)21(26)17-10-11-23-22(25-17)15(2)3/h5-11,14-15,18-19H,4,12-13H2,1-3H3/t18-,19-/m1/s1. The van der Waals surface area contributed by atoms with Gasteiger partial charge >= 0.3 is 0 Å². The highest BCUT2D eigenvalue weighted by Crippen LogP contribution is 2.35. The van der Waals surface area contributed by atoms with E-state index in [9.17, 15) is 0 Å². The fourth-order valence-corrected chi connectivity index (χ4v) is 3.61. The zero-order valence-electron chi connectivity index (χ0n) is 16.6. The molecular formula is C22H26N4O2. The maximum atomic E-state index is 5.93. The Morgan fingerprint density at radius 2 is 1.96 bits per heavy atom. The third-order valence-corrected chi connectivity index (χ3v) is 5.01. The zero-order valence-corrected chi connectivity index (χ0v) is 16.6. The van der Waals surface area contributed by atoms with E-state index in [1.54, 1.807) is 0 Å². The lowest BCUT2D eigenvalue weighted by Crippen LogP contribution is -2.26. The van der Waals surface area contributed by atoms with E-state index >= 15 is 0 Å². The molecule has 0 saturated carbocycles. The van der Waals surface area contributed by atoms with Gasteiger partial charge in [0.2, 0.25) is 0 Å². The van der Waals surface area contributed by atoms with E-state index in [-0.39, 0.29) is 18.1 Å². The summed E-state index contributed by atoms with van der Waals surface area (Å²) in [4.78, 5) is 14.1. The van der Waals surface area contributed by atoms with Crippen LogP contribution in [0.1, 0.15) is 38.6 Å². The molecule has 28 heavy (non-hydrogen) atoms. The smallest absolute Gasteiger partial charge is 0.131 e. The van der Waals surface area contributed by atoms with Gasteiger partial charge < -0.3 is 14.0 Å². The second kappa shape index (κ2) is 8.20. The summed E-state index contributed by atoms with van der Waals surface area (Å²) < 4.78 is 13.8. The Morgan fingerprint density at radius 1 is 1.14 bits per heavy atom. The van der Waals surface area contributed by atoms with Crippen LogP contribution in [-0.4, -0.2) is 45.4 Å².